The van der Waals surface area contributed by atoms with Gasteiger partial charge in [0.1, 0.15) is 0 Å². The number of H-pyrrole nitrogens is 1. The lowest BCUT2D eigenvalue weighted by atomic mass is 10.3. The number of aromatic amines is 1. The van der Waals surface area contributed by atoms with Crippen molar-refractivity contribution >= 4 is 23.1 Å². The Labute approximate surface area is 175 Å². The van der Waals surface area contributed by atoms with Gasteiger partial charge >= 0.3 is 11.7 Å². The van der Waals surface area contributed by atoms with Crippen molar-refractivity contribution in [2.45, 2.75) is 46.1 Å². The number of ether oxygens (including phenoxy) is 1. The summed E-state index contributed by atoms with van der Waals surface area (Å²) < 4.78 is 8.57. The molecule has 30 heavy (non-hydrogen) atoms. The number of hydrogen-bond acceptors (Lipinski definition) is 7. The van der Waals surface area contributed by atoms with Crippen LogP contribution in [0.15, 0.2) is 9.59 Å². The van der Waals surface area contributed by atoms with Crippen LogP contribution in [0, 0.1) is 0 Å². The van der Waals surface area contributed by atoms with E-state index < -0.39 is 11.2 Å². The Morgan fingerprint density at radius 1 is 1.10 bits per heavy atom. The summed E-state index contributed by atoms with van der Waals surface area (Å²) in [5.74, 6) is 0.514. The molecule has 2 aromatic rings. The van der Waals surface area contributed by atoms with E-state index in [1.165, 1.54) is 4.57 Å². The molecule has 10 nitrogen and oxygen atoms in total. The number of carbonyl (C=O) groups excluding carboxylic acids is 1. The van der Waals surface area contributed by atoms with Gasteiger partial charge in [0.15, 0.2) is 11.2 Å². The van der Waals surface area contributed by atoms with Gasteiger partial charge in [-0.25, -0.2) is 4.79 Å². The summed E-state index contributed by atoms with van der Waals surface area (Å²) in [6.07, 6.45) is 3.91. The minimum absolute atomic E-state index is 0.181. The second-order valence-electron chi connectivity index (χ2n) is 7.74. The highest BCUT2D eigenvalue weighted by molar-refractivity contribution is 5.74. The van der Waals surface area contributed by atoms with Gasteiger partial charge in [-0.15, -0.1) is 0 Å². The molecule has 0 amide bonds. The van der Waals surface area contributed by atoms with Crippen molar-refractivity contribution in [3.8, 4) is 0 Å². The molecule has 1 aliphatic heterocycles. The number of fused-ring (bicyclic) bond motifs is 1. The molecule has 10 heteroatoms. The first-order valence-electron chi connectivity index (χ1n) is 10.8. The molecule has 166 valence electrons. The summed E-state index contributed by atoms with van der Waals surface area (Å²) >= 11 is 0. The van der Waals surface area contributed by atoms with Crippen molar-refractivity contribution in [2.24, 2.45) is 7.05 Å². The van der Waals surface area contributed by atoms with E-state index in [9.17, 15) is 14.4 Å². The number of nitrogens with zero attached hydrogens (tertiary/aromatic N) is 5. The molecule has 0 unspecified atom stereocenters. The van der Waals surface area contributed by atoms with Crippen LogP contribution >= 0.6 is 0 Å². The molecule has 0 saturated carbocycles. The SMILES string of the molecule is CCCCCOC(=O)CN1CCN(c2nc3c(c(=O)[nH]c(=O)n3C)n2CCC)CC1. The number of anilines is 1. The lowest BCUT2D eigenvalue weighted by molar-refractivity contribution is -0.145. The zero-order chi connectivity index (χ0) is 21.7. The topological polar surface area (TPSA) is 105 Å². The minimum atomic E-state index is -0.470. The second kappa shape index (κ2) is 9.92. The van der Waals surface area contributed by atoms with E-state index in [0.29, 0.717) is 63.0 Å². The Morgan fingerprint density at radius 3 is 2.50 bits per heavy atom. The first-order valence-corrected chi connectivity index (χ1v) is 10.8. The zero-order valence-electron chi connectivity index (χ0n) is 18.1. The number of imidazole rings is 1. The first kappa shape index (κ1) is 22.1. The minimum Gasteiger partial charge on any atom is -0.465 e. The molecule has 0 aliphatic carbocycles. The van der Waals surface area contributed by atoms with Crippen molar-refractivity contribution in [1.82, 2.24) is 24.0 Å². The lowest BCUT2D eigenvalue weighted by Crippen LogP contribution is -2.49. The van der Waals surface area contributed by atoms with Crippen molar-refractivity contribution < 1.29 is 9.53 Å². The van der Waals surface area contributed by atoms with E-state index in [4.69, 9.17) is 4.74 Å². The molecule has 0 radical (unpaired) electrons. The Balaban J connectivity index is 1.69. The molecule has 0 spiro atoms. The molecule has 3 heterocycles. The highest BCUT2D eigenvalue weighted by Crippen LogP contribution is 2.21. The molecule has 0 aromatic carbocycles. The molecule has 1 aliphatic rings. The maximum atomic E-state index is 12.4. The fourth-order valence-electron chi connectivity index (χ4n) is 3.77. The number of piperazine rings is 1. The molecular formula is C20H32N6O4. The van der Waals surface area contributed by atoms with Crippen LogP contribution in [-0.2, 0) is 23.1 Å². The standard InChI is InChI=1S/C20H32N6O4/c1-4-6-7-13-30-15(27)14-24-9-11-25(12-10-24)19-21-17-16(26(19)8-5-2)18(28)22-20(29)23(17)3/h4-14H2,1-3H3,(H,22,28,29). The average Bonchev–Trinajstić information content (AvgIpc) is 3.10. The van der Waals surface area contributed by atoms with Crippen LogP contribution < -0.4 is 16.1 Å². The Hall–Kier alpha value is -2.62. The van der Waals surface area contributed by atoms with Crippen LogP contribution in [-0.4, -0.2) is 69.3 Å². The summed E-state index contributed by atoms with van der Waals surface area (Å²) in [5.41, 5.74) is -0.0652. The predicted octanol–water partition coefficient (Wildman–Crippen LogP) is 0.689. The number of carbonyl (C=O) groups is 1. The predicted molar refractivity (Wildman–Crippen MR) is 115 cm³/mol. The first-order chi connectivity index (χ1) is 14.5. The van der Waals surface area contributed by atoms with Crippen molar-refractivity contribution in [1.29, 1.82) is 0 Å². The van der Waals surface area contributed by atoms with Crippen LogP contribution in [0.25, 0.3) is 11.2 Å². The van der Waals surface area contributed by atoms with Crippen molar-refractivity contribution in [3.05, 3.63) is 20.8 Å². The smallest absolute Gasteiger partial charge is 0.329 e. The van der Waals surface area contributed by atoms with Crippen LogP contribution in [0.2, 0.25) is 0 Å². The van der Waals surface area contributed by atoms with Gasteiger partial charge in [0.05, 0.1) is 13.2 Å². The maximum absolute atomic E-state index is 12.4. The Bertz CT molecular complexity index is 984. The molecule has 1 saturated heterocycles. The quantitative estimate of drug-likeness (QED) is 0.470. The number of esters is 1. The van der Waals surface area contributed by atoms with Crippen molar-refractivity contribution in [3.63, 3.8) is 0 Å². The second-order valence-corrected chi connectivity index (χ2v) is 7.74. The maximum Gasteiger partial charge on any atom is 0.329 e. The van der Waals surface area contributed by atoms with E-state index in [2.05, 4.69) is 26.7 Å². The third kappa shape index (κ3) is 4.75. The fraction of sp³-hybridized carbons (Fsp3) is 0.700. The molecule has 1 fully saturated rings. The summed E-state index contributed by atoms with van der Waals surface area (Å²) in [4.78, 5) is 47.6. The number of aromatic nitrogens is 4. The third-order valence-electron chi connectivity index (χ3n) is 5.45. The normalized spacial score (nSPS) is 15.1. The molecule has 2 aromatic heterocycles. The number of aryl methyl sites for hydroxylation is 2. The third-order valence-corrected chi connectivity index (χ3v) is 5.45. The van der Waals surface area contributed by atoms with Gasteiger partial charge in [-0.3, -0.25) is 24.0 Å². The van der Waals surface area contributed by atoms with Gasteiger partial charge in [0.25, 0.3) is 5.56 Å². The highest BCUT2D eigenvalue weighted by Gasteiger charge is 2.25. The van der Waals surface area contributed by atoms with E-state index in [1.54, 1.807) is 7.05 Å². The molecule has 3 rings (SSSR count). The van der Waals surface area contributed by atoms with E-state index >= 15 is 0 Å². The number of hydrogen-bond donors (Lipinski definition) is 1. The zero-order valence-corrected chi connectivity index (χ0v) is 18.1. The number of rotatable bonds is 9. The molecule has 1 N–H and O–H groups in total. The summed E-state index contributed by atoms with van der Waals surface area (Å²) in [6, 6.07) is 0. The Morgan fingerprint density at radius 2 is 1.83 bits per heavy atom. The fourth-order valence-corrected chi connectivity index (χ4v) is 3.77. The molecule has 0 bridgehead atoms. The van der Waals surface area contributed by atoms with Gasteiger partial charge in [-0.1, -0.05) is 26.7 Å². The van der Waals surface area contributed by atoms with Gasteiger partial charge in [-0.2, -0.15) is 4.98 Å². The monoisotopic (exact) mass is 420 g/mol. The van der Waals surface area contributed by atoms with E-state index in [-0.39, 0.29) is 5.97 Å². The molecule has 0 atom stereocenters. The van der Waals surface area contributed by atoms with Gasteiger partial charge < -0.3 is 14.2 Å². The Kier molecular flexibility index (Phi) is 7.30. The molecular weight excluding hydrogens is 388 g/mol. The number of unbranched alkanes of at least 4 members (excludes halogenated alkanes) is 2. The van der Waals surface area contributed by atoms with E-state index in [0.717, 1.165) is 25.7 Å². The van der Waals surface area contributed by atoms with E-state index in [1.807, 2.05) is 11.5 Å². The average molecular weight is 421 g/mol. The van der Waals surface area contributed by atoms with Crippen LogP contribution in [0.5, 0.6) is 0 Å². The van der Waals surface area contributed by atoms with Crippen LogP contribution in [0.3, 0.4) is 0 Å². The van der Waals surface area contributed by atoms with Gasteiger partial charge in [0.2, 0.25) is 5.95 Å². The number of nitrogens with one attached hydrogen (secondary N) is 1. The largest absolute Gasteiger partial charge is 0.465 e. The summed E-state index contributed by atoms with van der Waals surface area (Å²) in [7, 11) is 1.61. The van der Waals surface area contributed by atoms with Gasteiger partial charge in [0, 0.05) is 39.8 Å². The van der Waals surface area contributed by atoms with Gasteiger partial charge in [-0.05, 0) is 12.8 Å². The van der Waals surface area contributed by atoms with Crippen LogP contribution in [0.4, 0.5) is 5.95 Å². The van der Waals surface area contributed by atoms with Crippen LogP contribution in [0.1, 0.15) is 39.5 Å². The highest BCUT2D eigenvalue weighted by atomic mass is 16.5. The van der Waals surface area contributed by atoms with Crippen molar-refractivity contribution in [2.75, 3.05) is 44.2 Å². The summed E-state index contributed by atoms with van der Waals surface area (Å²) in [6.45, 7) is 8.34. The lowest BCUT2D eigenvalue weighted by Gasteiger charge is -2.34. The summed E-state index contributed by atoms with van der Waals surface area (Å²) in [5, 5.41) is 0.